The number of hydrogen-bond donors (Lipinski definition) is 0. The monoisotopic (exact) mass is 760 g/mol. The molecule has 296 valence electrons. The minimum atomic E-state index is -0.00682. The van der Waals surface area contributed by atoms with Crippen LogP contribution in [0.2, 0.25) is 0 Å². The van der Waals surface area contributed by atoms with Crippen molar-refractivity contribution in [3.8, 4) is 23.0 Å². The molecule has 4 aromatic carbocycles. The highest BCUT2D eigenvalue weighted by molar-refractivity contribution is 5.87. The zero-order chi connectivity index (χ0) is 39.1. The van der Waals surface area contributed by atoms with E-state index in [1.807, 2.05) is 0 Å². The maximum absolute atomic E-state index is 6.33. The summed E-state index contributed by atoms with van der Waals surface area (Å²) in [5.74, 6) is 3.74. The SMILES string of the molecule is Cc1cc(/C=C(/c2cc(C)c(OCC3CO3)c(C)c2)C(Cc2cc(C)c(OCC3CO3)c(C)c2)c2cc(C)c(OCC3CO3)c(C)c2)cc(C)c1OCC1CO1. The van der Waals surface area contributed by atoms with Gasteiger partial charge in [-0.15, -0.1) is 0 Å². The molecule has 0 aromatic heterocycles. The Morgan fingerprint density at radius 3 is 1.18 bits per heavy atom. The molecule has 56 heavy (non-hydrogen) atoms. The largest absolute Gasteiger partial charge is 0.490 e. The molecule has 5 atom stereocenters. The van der Waals surface area contributed by atoms with Gasteiger partial charge < -0.3 is 37.9 Å². The van der Waals surface area contributed by atoms with Crippen molar-refractivity contribution in [3.63, 3.8) is 0 Å². The highest BCUT2D eigenvalue weighted by Gasteiger charge is 2.29. The number of benzene rings is 4. The molecule has 0 aliphatic carbocycles. The van der Waals surface area contributed by atoms with Crippen molar-refractivity contribution >= 4 is 11.6 Å². The minimum absolute atomic E-state index is 0.00682. The molecule has 4 heterocycles. The Bertz CT molecular complexity index is 2030. The lowest BCUT2D eigenvalue weighted by Crippen LogP contribution is -2.12. The van der Waals surface area contributed by atoms with Crippen molar-refractivity contribution < 1.29 is 37.9 Å². The van der Waals surface area contributed by atoms with Crippen LogP contribution in [-0.2, 0) is 25.4 Å². The lowest BCUT2D eigenvalue weighted by Gasteiger charge is -2.26. The summed E-state index contributed by atoms with van der Waals surface area (Å²) in [5.41, 5.74) is 15.0. The number of aryl methyl sites for hydroxylation is 8. The molecule has 0 bridgehead atoms. The summed E-state index contributed by atoms with van der Waals surface area (Å²) in [4.78, 5) is 0. The van der Waals surface area contributed by atoms with Gasteiger partial charge in [-0.2, -0.15) is 0 Å². The molecule has 0 amide bonds. The average Bonchev–Trinajstić information content (AvgIpc) is 3.91. The van der Waals surface area contributed by atoms with Crippen LogP contribution in [0.25, 0.3) is 11.6 Å². The van der Waals surface area contributed by atoms with Gasteiger partial charge >= 0.3 is 0 Å². The first-order valence-electron chi connectivity index (χ1n) is 20.1. The Labute approximate surface area is 332 Å². The van der Waals surface area contributed by atoms with E-state index in [1.165, 1.54) is 22.3 Å². The van der Waals surface area contributed by atoms with Crippen molar-refractivity contribution in [3.05, 3.63) is 115 Å². The predicted molar refractivity (Wildman–Crippen MR) is 219 cm³/mol. The number of epoxide rings is 4. The molecule has 4 aliphatic heterocycles. The smallest absolute Gasteiger partial charge is 0.125 e. The lowest BCUT2D eigenvalue weighted by molar-refractivity contribution is 0.260. The molecule has 4 fully saturated rings. The fourth-order valence-corrected chi connectivity index (χ4v) is 8.01. The number of hydrogen-bond acceptors (Lipinski definition) is 8. The molecule has 4 aromatic rings. The first-order valence-corrected chi connectivity index (χ1v) is 20.1. The third-order valence-electron chi connectivity index (χ3n) is 11.1. The van der Waals surface area contributed by atoms with Gasteiger partial charge in [-0.3, -0.25) is 0 Å². The van der Waals surface area contributed by atoms with Crippen LogP contribution in [0, 0.1) is 55.4 Å². The first kappa shape index (κ1) is 38.5. The quantitative estimate of drug-likeness (QED) is 0.0735. The zero-order valence-corrected chi connectivity index (χ0v) is 34.2. The topological polar surface area (TPSA) is 87.0 Å². The first-order chi connectivity index (χ1) is 27.0. The van der Waals surface area contributed by atoms with Crippen molar-refractivity contribution in [1.82, 2.24) is 0 Å². The highest BCUT2D eigenvalue weighted by Crippen LogP contribution is 2.43. The maximum Gasteiger partial charge on any atom is 0.125 e. The fourth-order valence-electron chi connectivity index (χ4n) is 8.01. The third kappa shape index (κ3) is 9.43. The number of rotatable bonds is 18. The van der Waals surface area contributed by atoms with Gasteiger partial charge in [0.1, 0.15) is 73.8 Å². The molecule has 0 N–H and O–H groups in total. The number of ether oxygens (including phenoxy) is 8. The van der Waals surface area contributed by atoms with Crippen molar-refractivity contribution in [2.75, 3.05) is 52.9 Å². The van der Waals surface area contributed by atoms with Crippen LogP contribution < -0.4 is 18.9 Å². The predicted octanol–water partition coefficient (Wildman–Crippen LogP) is 8.83. The van der Waals surface area contributed by atoms with Crippen LogP contribution in [-0.4, -0.2) is 77.3 Å². The Balaban J connectivity index is 1.24. The van der Waals surface area contributed by atoms with E-state index >= 15 is 0 Å². The minimum Gasteiger partial charge on any atom is -0.490 e. The molecule has 0 saturated carbocycles. The second-order valence-corrected chi connectivity index (χ2v) is 16.4. The van der Waals surface area contributed by atoms with Gasteiger partial charge in [-0.25, -0.2) is 0 Å². The van der Waals surface area contributed by atoms with Gasteiger partial charge in [0.2, 0.25) is 0 Å². The van der Waals surface area contributed by atoms with E-state index in [0.717, 1.165) is 106 Å². The molecule has 4 aliphatic rings. The van der Waals surface area contributed by atoms with Crippen LogP contribution >= 0.6 is 0 Å². The summed E-state index contributed by atoms with van der Waals surface area (Å²) in [5, 5.41) is 0. The average molecular weight is 761 g/mol. The molecule has 8 rings (SSSR count). The van der Waals surface area contributed by atoms with Gasteiger partial charge in [0.15, 0.2) is 0 Å². The van der Waals surface area contributed by atoms with E-state index in [9.17, 15) is 0 Å². The molecule has 0 radical (unpaired) electrons. The van der Waals surface area contributed by atoms with E-state index < -0.39 is 0 Å². The highest BCUT2D eigenvalue weighted by atomic mass is 16.6. The molecule has 4 saturated heterocycles. The van der Waals surface area contributed by atoms with Gasteiger partial charge in [0, 0.05) is 5.92 Å². The van der Waals surface area contributed by atoms with Crippen LogP contribution in [0.15, 0.2) is 48.5 Å². The molecular formula is C48H56O8. The van der Waals surface area contributed by atoms with E-state index in [2.05, 4.69) is 110 Å². The zero-order valence-electron chi connectivity index (χ0n) is 34.2. The van der Waals surface area contributed by atoms with Gasteiger partial charge in [-0.05, 0) is 158 Å². The van der Waals surface area contributed by atoms with Gasteiger partial charge in [-0.1, -0.05) is 30.3 Å². The lowest BCUT2D eigenvalue weighted by atomic mass is 9.79. The van der Waals surface area contributed by atoms with Crippen molar-refractivity contribution in [2.24, 2.45) is 0 Å². The molecular weight excluding hydrogens is 705 g/mol. The summed E-state index contributed by atoms with van der Waals surface area (Å²) < 4.78 is 47.0. The van der Waals surface area contributed by atoms with E-state index in [1.54, 1.807) is 0 Å². The summed E-state index contributed by atoms with van der Waals surface area (Å²) in [6, 6.07) is 18.3. The van der Waals surface area contributed by atoms with Crippen LogP contribution in [0.3, 0.4) is 0 Å². The Morgan fingerprint density at radius 2 is 0.821 bits per heavy atom. The molecule has 8 heteroatoms. The van der Waals surface area contributed by atoms with Crippen LogP contribution in [0.1, 0.15) is 72.7 Å². The third-order valence-corrected chi connectivity index (χ3v) is 11.1. The van der Waals surface area contributed by atoms with E-state index in [4.69, 9.17) is 37.9 Å². The summed E-state index contributed by atoms with van der Waals surface area (Å²) >= 11 is 0. The summed E-state index contributed by atoms with van der Waals surface area (Å²) in [6.07, 6.45) is 3.94. The maximum atomic E-state index is 6.33. The molecule has 0 spiro atoms. The van der Waals surface area contributed by atoms with E-state index in [-0.39, 0.29) is 30.3 Å². The number of allylic oxidation sites excluding steroid dienone is 1. The fraction of sp³-hybridized carbons (Fsp3) is 0.458. The van der Waals surface area contributed by atoms with Gasteiger partial charge in [0.05, 0.1) is 26.4 Å². The van der Waals surface area contributed by atoms with Crippen molar-refractivity contribution in [1.29, 1.82) is 0 Å². The molecule has 5 unspecified atom stereocenters. The Morgan fingerprint density at radius 1 is 0.500 bits per heavy atom. The second kappa shape index (κ2) is 16.3. The van der Waals surface area contributed by atoms with Gasteiger partial charge in [0.25, 0.3) is 0 Å². The van der Waals surface area contributed by atoms with Crippen LogP contribution in [0.5, 0.6) is 23.0 Å². The Hall–Kier alpha value is -4.34. The standard InChI is InChI=1S/C48H56O8/c1-27-9-35(10-28(2)45(27)53-23-39-19-49-39)17-43(37-13-31(5)47(32(6)14-37)55-25-41-21-51-41)44(38-15-33(7)48(34(8)16-38)56-26-42-22-52-42)18-36-11-29(3)46(30(4)12-36)54-24-40-20-50-40/h9-17,39-42,44H,18-26H2,1-8H3/b43-17-. The normalized spacial score (nSPS) is 21.4. The molecule has 8 nitrogen and oxygen atoms in total. The Kier molecular flexibility index (Phi) is 11.2. The summed E-state index contributed by atoms with van der Waals surface area (Å²) in [7, 11) is 0. The van der Waals surface area contributed by atoms with E-state index in [0.29, 0.717) is 26.4 Å². The second-order valence-electron chi connectivity index (χ2n) is 16.4. The summed E-state index contributed by atoms with van der Waals surface area (Å²) in [6.45, 7) is 22.6. The van der Waals surface area contributed by atoms with Crippen molar-refractivity contribution in [2.45, 2.75) is 92.1 Å². The van der Waals surface area contributed by atoms with Crippen LogP contribution in [0.4, 0.5) is 0 Å².